The molecular weight excluding hydrogens is 422 g/mol. The van der Waals surface area contributed by atoms with Crippen LogP contribution in [0.3, 0.4) is 0 Å². The molecule has 33 heavy (non-hydrogen) atoms. The number of hydrogen-bond acceptors (Lipinski definition) is 5. The Labute approximate surface area is 193 Å². The highest BCUT2D eigenvalue weighted by atomic mass is 16.4. The van der Waals surface area contributed by atoms with Gasteiger partial charge in [-0.1, -0.05) is 12.1 Å². The summed E-state index contributed by atoms with van der Waals surface area (Å²) in [4.78, 5) is 34.6. The van der Waals surface area contributed by atoms with Crippen molar-refractivity contribution in [3.63, 3.8) is 0 Å². The van der Waals surface area contributed by atoms with E-state index < -0.39 is 11.9 Å². The Hall–Kier alpha value is -3.00. The zero-order valence-electron chi connectivity index (χ0n) is 19.3. The van der Waals surface area contributed by atoms with Gasteiger partial charge in [0.05, 0.1) is 0 Å². The minimum absolute atomic E-state index is 0.264. The lowest BCUT2D eigenvalue weighted by Crippen LogP contribution is -2.35. The molecule has 2 heterocycles. The second-order valence-electron chi connectivity index (χ2n) is 9.27. The van der Waals surface area contributed by atoms with E-state index in [4.69, 9.17) is 10.2 Å². The number of piperidine rings is 1. The van der Waals surface area contributed by atoms with Crippen LogP contribution in [0.1, 0.15) is 62.4 Å². The van der Waals surface area contributed by atoms with Gasteiger partial charge in [0, 0.05) is 48.3 Å². The Bertz CT molecular complexity index is 998. The number of nitrogens with zero attached hydrogens (tertiary/aromatic N) is 3. The molecule has 0 atom stereocenters. The molecule has 0 amide bonds. The van der Waals surface area contributed by atoms with Crippen LogP contribution in [0.25, 0.3) is 10.9 Å². The molecule has 2 N–H and O–H groups in total. The molecule has 2 aliphatic rings. The van der Waals surface area contributed by atoms with Crippen LogP contribution in [0, 0.1) is 11.8 Å². The van der Waals surface area contributed by atoms with Crippen LogP contribution in [0.15, 0.2) is 36.5 Å². The maximum atomic E-state index is 12.9. The summed E-state index contributed by atoms with van der Waals surface area (Å²) in [5.41, 5.74) is 1.67. The number of Topliss-reactive ketones (excluding diaryl/α,β-unsaturated/α-hetero) is 1. The lowest BCUT2D eigenvalue weighted by Gasteiger charge is -2.31. The predicted octanol–water partition coefficient (Wildman–Crippen LogP) is 4.02. The Kier molecular flexibility index (Phi) is 8.38. The second-order valence-corrected chi connectivity index (χ2v) is 9.27. The summed E-state index contributed by atoms with van der Waals surface area (Å²) in [7, 11) is 0. The summed E-state index contributed by atoms with van der Waals surface area (Å²) < 4.78 is 1.96. The number of carbonyl (C=O) groups is 3. The lowest BCUT2D eigenvalue weighted by atomic mass is 9.89. The van der Waals surface area contributed by atoms with Crippen LogP contribution in [-0.4, -0.2) is 62.2 Å². The number of aliphatic carboxylic acids is 2. The topological polar surface area (TPSA) is 113 Å². The smallest absolute Gasteiger partial charge is 0.328 e. The minimum atomic E-state index is -1.26. The maximum absolute atomic E-state index is 12.9. The van der Waals surface area contributed by atoms with Gasteiger partial charge in [-0.25, -0.2) is 9.59 Å². The third kappa shape index (κ3) is 7.53. The van der Waals surface area contributed by atoms with Gasteiger partial charge >= 0.3 is 11.9 Å². The monoisotopic (exact) mass is 455 g/mol. The molecule has 1 aromatic carbocycles. The van der Waals surface area contributed by atoms with Crippen molar-refractivity contribution in [3.8, 4) is 0 Å². The summed E-state index contributed by atoms with van der Waals surface area (Å²) >= 11 is 0. The number of benzene rings is 1. The fourth-order valence-electron chi connectivity index (χ4n) is 4.11. The van der Waals surface area contributed by atoms with Crippen molar-refractivity contribution < 1.29 is 24.6 Å². The van der Waals surface area contributed by atoms with Gasteiger partial charge in [0.1, 0.15) is 5.52 Å². The Balaban J connectivity index is 0.000000331. The molecule has 0 unspecified atom stereocenters. The number of carboxylic acid groups (broad SMARTS) is 2. The number of rotatable bonds is 8. The molecular formula is C25H33N3O5. The van der Waals surface area contributed by atoms with E-state index in [1.54, 1.807) is 0 Å². The Morgan fingerprint density at radius 3 is 2.21 bits per heavy atom. The van der Waals surface area contributed by atoms with Gasteiger partial charge < -0.3 is 15.1 Å². The number of carboxylic acids is 2. The van der Waals surface area contributed by atoms with Crippen LogP contribution in [-0.2, 0) is 9.59 Å². The fraction of sp³-hybridized carbons (Fsp3) is 0.520. The second kappa shape index (κ2) is 11.2. The quantitative estimate of drug-likeness (QED) is 0.456. The van der Waals surface area contributed by atoms with E-state index in [1.165, 1.54) is 32.5 Å². The number of fused-ring (bicyclic) bond motifs is 1. The number of ketones is 1. The molecule has 1 aliphatic heterocycles. The van der Waals surface area contributed by atoms with E-state index in [0.717, 1.165) is 35.2 Å². The van der Waals surface area contributed by atoms with Gasteiger partial charge in [-0.05, 0) is 70.5 Å². The molecule has 8 nitrogen and oxygen atoms in total. The van der Waals surface area contributed by atoms with Crippen LogP contribution >= 0.6 is 0 Å². The minimum Gasteiger partial charge on any atom is -0.478 e. The molecule has 1 saturated carbocycles. The van der Waals surface area contributed by atoms with Crippen molar-refractivity contribution in [2.75, 3.05) is 19.6 Å². The molecule has 2 fully saturated rings. The summed E-state index contributed by atoms with van der Waals surface area (Å²) in [5.74, 6) is -0.753. The zero-order valence-corrected chi connectivity index (χ0v) is 19.3. The molecule has 4 rings (SSSR count). The predicted molar refractivity (Wildman–Crippen MR) is 125 cm³/mol. The van der Waals surface area contributed by atoms with E-state index in [-0.39, 0.29) is 5.78 Å². The lowest BCUT2D eigenvalue weighted by molar-refractivity contribution is -0.134. The standard InChI is InChI=1S/C21H29N3O.C4H4O4/c1-15(2)24-14-18-4-3-5-19(21(18)22-24)20(25)12-16-8-10-23(11-9-16)13-17-6-7-17;5-3(6)1-2-4(7)8/h3-5,14-17H,6-13H2,1-2H3;1-2H,(H,5,6)(H,7,8)/b;2-1+. The molecule has 0 bridgehead atoms. The number of hydrogen-bond donors (Lipinski definition) is 2. The van der Waals surface area contributed by atoms with Gasteiger partial charge in [-0.3, -0.25) is 9.48 Å². The number of likely N-dealkylation sites (tertiary alicyclic amines) is 1. The molecule has 2 aromatic rings. The summed E-state index contributed by atoms with van der Waals surface area (Å²) in [6.07, 6.45) is 9.00. The fourth-order valence-corrected chi connectivity index (χ4v) is 4.11. The maximum Gasteiger partial charge on any atom is 0.328 e. The van der Waals surface area contributed by atoms with Crippen molar-refractivity contribution >= 4 is 28.6 Å². The molecule has 0 spiro atoms. The van der Waals surface area contributed by atoms with Crippen molar-refractivity contribution in [2.24, 2.45) is 11.8 Å². The Morgan fingerprint density at radius 2 is 1.67 bits per heavy atom. The first-order valence-electron chi connectivity index (χ1n) is 11.6. The zero-order chi connectivity index (χ0) is 24.0. The summed E-state index contributed by atoms with van der Waals surface area (Å²) in [6, 6.07) is 6.30. The van der Waals surface area contributed by atoms with Crippen LogP contribution in [0.2, 0.25) is 0 Å². The molecule has 8 heteroatoms. The average Bonchev–Trinajstić information content (AvgIpc) is 3.47. The van der Waals surface area contributed by atoms with E-state index >= 15 is 0 Å². The van der Waals surface area contributed by atoms with E-state index in [1.807, 2.05) is 29.1 Å². The molecule has 1 aliphatic carbocycles. The van der Waals surface area contributed by atoms with Crippen molar-refractivity contribution in [1.82, 2.24) is 14.7 Å². The highest BCUT2D eigenvalue weighted by Crippen LogP contribution is 2.32. The first-order valence-corrected chi connectivity index (χ1v) is 11.6. The largest absolute Gasteiger partial charge is 0.478 e. The van der Waals surface area contributed by atoms with Gasteiger partial charge in [0.2, 0.25) is 0 Å². The first-order chi connectivity index (χ1) is 15.7. The SMILES string of the molecule is CC(C)n1cc2cccc(C(=O)CC3CCN(CC4CC4)CC3)c2n1.O=C(O)/C=C/C(=O)O. The van der Waals surface area contributed by atoms with Gasteiger partial charge in [-0.2, -0.15) is 5.10 Å². The van der Waals surface area contributed by atoms with E-state index in [2.05, 4.69) is 23.8 Å². The molecule has 1 saturated heterocycles. The average molecular weight is 456 g/mol. The third-order valence-corrected chi connectivity index (χ3v) is 6.15. The summed E-state index contributed by atoms with van der Waals surface area (Å²) in [5, 5.41) is 21.4. The van der Waals surface area contributed by atoms with E-state index in [9.17, 15) is 14.4 Å². The van der Waals surface area contributed by atoms with Gasteiger partial charge in [0.15, 0.2) is 5.78 Å². The summed E-state index contributed by atoms with van der Waals surface area (Å²) in [6.45, 7) is 7.85. The first kappa shape index (κ1) is 24.6. The van der Waals surface area contributed by atoms with Crippen molar-refractivity contribution in [1.29, 1.82) is 0 Å². The van der Waals surface area contributed by atoms with Gasteiger partial charge in [0.25, 0.3) is 0 Å². The van der Waals surface area contributed by atoms with Gasteiger partial charge in [-0.15, -0.1) is 0 Å². The van der Waals surface area contributed by atoms with Crippen molar-refractivity contribution in [3.05, 3.63) is 42.1 Å². The van der Waals surface area contributed by atoms with Crippen LogP contribution in [0.5, 0.6) is 0 Å². The van der Waals surface area contributed by atoms with Crippen molar-refractivity contribution in [2.45, 2.75) is 52.0 Å². The molecule has 0 radical (unpaired) electrons. The highest BCUT2D eigenvalue weighted by Gasteiger charge is 2.28. The highest BCUT2D eigenvalue weighted by molar-refractivity contribution is 6.06. The van der Waals surface area contributed by atoms with Crippen LogP contribution in [0.4, 0.5) is 0 Å². The molecule has 1 aromatic heterocycles. The Morgan fingerprint density at radius 1 is 1.03 bits per heavy atom. The number of aromatic nitrogens is 2. The van der Waals surface area contributed by atoms with E-state index in [0.29, 0.717) is 30.5 Å². The normalized spacial score (nSPS) is 17.3. The number of carbonyl (C=O) groups excluding carboxylic acids is 1. The molecule has 178 valence electrons. The third-order valence-electron chi connectivity index (χ3n) is 6.15. The van der Waals surface area contributed by atoms with Crippen LogP contribution < -0.4 is 0 Å².